The SMILES string of the molecule is COc1cc(Oc2ccc(S(=O)(=O)c3ccc(C)c(C(F)(F)C(F)(F)C(F)(F)C(F)(F)C(F)(F)C(F)(F)S(=O)(=O)O)c3)cc2)cc2ccccc12. The van der Waals surface area contributed by atoms with Crippen LogP contribution in [0.1, 0.15) is 11.1 Å². The molecule has 1 N–H and O–H groups in total. The van der Waals surface area contributed by atoms with Crippen LogP contribution in [0.15, 0.2) is 88.7 Å². The van der Waals surface area contributed by atoms with Crippen LogP contribution in [0.3, 0.4) is 0 Å². The van der Waals surface area contributed by atoms with E-state index in [-0.39, 0.29) is 17.6 Å². The highest BCUT2D eigenvalue weighted by atomic mass is 32.2. The van der Waals surface area contributed by atoms with E-state index in [1.165, 1.54) is 13.2 Å². The first-order valence-electron chi connectivity index (χ1n) is 13.5. The smallest absolute Gasteiger partial charge is 0.438 e. The van der Waals surface area contributed by atoms with Crippen molar-refractivity contribution in [2.24, 2.45) is 0 Å². The molecule has 0 amide bonds. The predicted molar refractivity (Wildman–Crippen MR) is 154 cm³/mol. The van der Waals surface area contributed by atoms with E-state index in [1.807, 2.05) is 0 Å². The van der Waals surface area contributed by atoms with E-state index >= 15 is 8.78 Å². The lowest BCUT2D eigenvalue weighted by molar-refractivity contribution is -0.419. The molecule has 0 aromatic heterocycles. The molecule has 0 aliphatic heterocycles. The van der Waals surface area contributed by atoms with Gasteiger partial charge in [0.25, 0.3) is 0 Å². The number of sulfone groups is 1. The second-order valence-corrected chi connectivity index (χ2v) is 14.2. The number of benzene rings is 4. The number of hydrogen-bond acceptors (Lipinski definition) is 6. The van der Waals surface area contributed by atoms with Gasteiger partial charge < -0.3 is 9.47 Å². The van der Waals surface area contributed by atoms with E-state index < -0.39 is 75.7 Å². The Balaban J connectivity index is 1.71. The summed E-state index contributed by atoms with van der Waals surface area (Å²) >= 11 is 0. The first-order chi connectivity index (χ1) is 23.1. The maximum absolute atomic E-state index is 15.1. The van der Waals surface area contributed by atoms with Crippen LogP contribution >= 0.6 is 0 Å². The summed E-state index contributed by atoms with van der Waals surface area (Å²) in [7, 11) is -11.4. The first kappa shape index (κ1) is 39.5. The molecule has 0 spiro atoms. The molecule has 21 heteroatoms. The van der Waals surface area contributed by atoms with Gasteiger partial charge in [0.15, 0.2) is 0 Å². The Labute approximate surface area is 280 Å². The summed E-state index contributed by atoms with van der Waals surface area (Å²) in [5, 5.41) is -6.18. The zero-order valence-electron chi connectivity index (χ0n) is 25.3. The lowest BCUT2D eigenvalue weighted by Gasteiger charge is -2.40. The number of methoxy groups -OCH3 is 1. The van der Waals surface area contributed by atoms with Crippen molar-refractivity contribution in [1.29, 1.82) is 0 Å². The number of alkyl halides is 12. The van der Waals surface area contributed by atoms with Crippen LogP contribution in [0.2, 0.25) is 0 Å². The normalized spacial score (nSPS) is 14.1. The summed E-state index contributed by atoms with van der Waals surface area (Å²) in [6.07, 6.45) is 0. The minimum Gasteiger partial charge on any atom is -0.496 e. The van der Waals surface area contributed by atoms with Gasteiger partial charge in [-0.3, -0.25) is 4.55 Å². The number of rotatable bonds is 12. The third-order valence-electron chi connectivity index (χ3n) is 7.51. The van der Waals surface area contributed by atoms with Crippen LogP contribution in [0.5, 0.6) is 17.2 Å². The number of halogens is 12. The standard InChI is InChI=1S/C30H20F12O7S2/c1-16-7-10-21(15-23(16)25(31,32)26(33,34)27(35,36)28(37,38)29(39,40)30(41,42)51(45,46)47)50(43,44)20-11-8-18(9-12-20)49-19-13-17-5-3-4-6-22(17)24(14-19)48-2/h3-15H,1-2H3,(H,45,46,47). The molecule has 4 rings (SSSR count). The molecule has 7 nitrogen and oxygen atoms in total. The van der Waals surface area contributed by atoms with Crippen molar-refractivity contribution in [2.45, 2.75) is 51.6 Å². The summed E-state index contributed by atoms with van der Waals surface area (Å²) in [4.78, 5) is -2.07. The van der Waals surface area contributed by atoms with Crippen LogP contribution in [0.4, 0.5) is 52.7 Å². The molecule has 0 aliphatic carbocycles. The summed E-state index contributed by atoms with van der Waals surface area (Å²) in [6.45, 7) is 0.473. The molecule has 278 valence electrons. The fourth-order valence-corrected chi connectivity index (χ4v) is 6.39. The minimum absolute atomic E-state index is 0.00147. The van der Waals surface area contributed by atoms with Gasteiger partial charge in [0, 0.05) is 17.0 Å². The molecular formula is C30H20F12O7S2. The number of hydrogen-bond donors (Lipinski definition) is 1. The van der Waals surface area contributed by atoms with Crippen molar-refractivity contribution in [3.63, 3.8) is 0 Å². The maximum Gasteiger partial charge on any atom is 0.438 e. The monoisotopic (exact) mass is 784 g/mol. The van der Waals surface area contributed by atoms with Crippen molar-refractivity contribution in [2.75, 3.05) is 7.11 Å². The van der Waals surface area contributed by atoms with Gasteiger partial charge >= 0.3 is 45.0 Å². The quantitative estimate of drug-likeness (QED) is 0.113. The molecule has 0 aliphatic rings. The van der Waals surface area contributed by atoms with Crippen molar-refractivity contribution in [3.05, 3.63) is 90.0 Å². The molecule has 0 saturated heterocycles. The summed E-state index contributed by atoms with van der Waals surface area (Å²) < 4.78 is 238. The zero-order valence-corrected chi connectivity index (χ0v) is 26.9. The lowest BCUT2D eigenvalue weighted by Crippen LogP contribution is -2.71. The van der Waals surface area contributed by atoms with Gasteiger partial charge in [0.05, 0.1) is 16.9 Å². The average molecular weight is 785 g/mol. The second-order valence-electron chi connectivity index (χ2n) is 10.8. The molecule has 51 heavy (non-hydrogen) atoms. The molecular weight excluding hydrogens is 764 g/mol. The Morgan fingerprint density at radius 2 is 1.14 bits per heavy atom. The Morgan fingerprint density at radius 3 is 1.69 bits per heavy atom. The molecule has 0 heterocycles. The highest BCUT2D eigenvalue weighted by molar-refractivity contribution is 7.91. The largest absolute Gasteiger partial charge is 0.496 e. The van der Waals surface area contributed by atoms with E-state index in [4.69, 9.17) is 14.0 Å². The zero-order chi connectivity index (χ0) is 38.8. The number of aryl methyl sites for hydroxylation is 1. The van der Waals surface area contributed by atoms with Crippen molar-refractivity contribution < 1.29 is 83.5 Å². The first-order valence-corrected chi connectivity index (χ1v) is 16.5. The topological polar surface area (TPSA) is 107 Å². The highest BCUT2D eigenvalue weighted by Gasteiger charge is 2.92. The maximum atomic E-state index is 15.1. The Morgan fingerprint density at radius 1 is 0.608 bits per heavy atom. The second kappa shape index (κ2) is 12.5. The Kier molecular flexibility index (Phi) is 9.67. The van der Waals surface area contributed by atoms with Gasteiger partial charge in [0.2, 0.25) is 9.84 Å². The van der Waals surface area contributed by atoms with Crippen molar-refractivity contribution >= 4 is 30.7 Å². The minimum atomic E-state index is -8.30. The fourth-order valence-electron chi connectivity index (χ4n) is 4.65. The molecule has 0 bridgehead atoms. The summed E-state index contributed by atoms with van der Waals surface area (Å²) in [5.41, 5.74) is -3.64. The number of fused-ring (bicyclic) bond motifs is 1. The van der Waals surface area contributed by atoms with Gasteiger partial charge in [-0.25, -0.2) is 8.42 Å². The van der Waals surface area contributed by atoms with Crippen LogP contribution in [0.25, 0.3) is 10.8 Å². The predicted octanol–water partition coefficient (Wildman–Crippen LogP) is 8.90. The Bertz CT molecular complexity index is 2190. The van der Waals surface area contributed by atoms with E-state index in [9.17, 15) is 60.7 Å². The molecule has 0 saturated carbocycles. The van der Waals surface area contributed by atoms with E-state index in [0.717, 1.165) is 29.7 Å². The molecule has 4 aromatic rings. The molecule has 0 atom stereocenters. The van der Waals surface area contributed by atoms with Gasteiger partial charge in [-0.2, -0.15) is 61.1 Å². The van der Waals surface area contributed by atoms with Crippen LogP contribution in [0, 0.1) is 6.92 Å². The molecule has 0 fully saturated rings. The van der Waals surface area contributed by atoms with Gasteiger partial charge in [-0.05, 0) is 60.3 Å². The van der Waals surface area contributed by atoms with E-state index in [0.29, 0.717) is 30.2 Å². The van der Waals surface area contributed by atoms with Crippen LogP contribution in [-0.4, -0.2) is 57.4 Å². The molecule has 0 unspecified atom stereocenters. The van der Waals surface area contributed by atoms with Gasteiger partial charge in [-0.15, -0.1) is 0 Å². The van der Waals surface area contributed by atoms with Gasteiger partial charge in [-0.1, -0.05) is 30.3 Å². The summed E-state index contributed by atoms with van der Waals surface area (Å²) in [6, 6.07) is 14.4. The van der Waals surface area contributed by atoms with Crippen molar-refractivity contribution in [1.82, 2.24) is 0 Å². The summed E-state index contributed by atoms with van der Waals surface area (Å²) in [5.74, 6) is -38.5. The average Bonchev–Trinajstić information content (AvgIpc) is 3.03. The number of ether oxygens (including phenoxy) is 2. The lowest BCUT2D eigenvalue weighted by atomic mass is 9.89. The molecule has 4 aromatic carbocycles. The van der Waals surface area contributed by atoms with Crippen LogP contribution < -0.4 is 9.47 Å². The molecule has 0 radical (unpaired) electrons. The third-order valence-corrected chi connectivity index (χ3v) is 10.2. The van der Waals surface area contributed by atoms with E-state index in [2.05, 4.69) is 0 Å². The third kappa shape index (κ3) is 6.11. The Hall–Kier alpha value is -4.24. The van der Waals surface area contributed by atoms with E-state index in [1.54, 1.807) is 30.3 Å². The van der Waals surface area contributed by atoms with Crippen molar-refractivity contribution in [3.8, 4) is 17.2 Å². The van der Waals surface area contributed by atoms with Crippen LogP contribution in [-0.2, 0) is 25.9 Å². The van der Waals surface area contributed by atoms with Gasteiger partial charge in [0.1, 0.15) is 17.2 Å². The highest BCUT2D eigenvalue weighted by Crippen LogP contribution is 2.62. The fraction of sp³-hybridized carbons (Fsp3) is 0.267.